The van der Waals surface area contributed by atoms with Gasteiger partial charge in [0.2, 0.25) is 0 Å². The van der Waals surface area contributed by atoms with E-state index in [1.165, 1.54) is 30.4 Å². The van der Waals surface area contributed by atoms with E-state index < -0.39 is 0 Å². The summed E-state index contributed by atoms with van der Waals surface area (Å²) < 4.78 is 10.2. The van der Waals surface area contributed by atoms with E-state index in [1.54, 1.807) is 7.11 Å². The summed E-state index contributed by atoms with van der Waals surface area (Å²) in [7, 11) is 1.71. The summed E-state index contributed by atoms with van der Waals surface area (Å²) in [6, 6.07) is 16.5. The van der Waals surface area contributed by atoms with Crippen LogP contribution in [0.3, 0.4) is 0 Å². The van der Waals surface area contributed by atoms with Gasteiger partial charge < -0.3 is 9.47 Å². The molecule has 3 atom stereocenters. The topological polar surface area (TPSA) is 35.5 Å². The van der Waals surface area contributed by atoms with Gasteiger partial charge in [-0.15, -0.1) is 0 Å². The molecule has 0 amide bonds. The van der Waals surface area contributed by atoms with Crippen LogP contribution in [-0.2, 0) is 10.2 Å². The lowest BCUT2D eigenvalue weighted by molar-refractivity contribution is -0.120. The molecule has 0 bridgehead atoms. The van der Waals surface area contributed by atoms with Crippen molar-refractivity contribution in [1.82, 2.24) is 0 Å². The molecule has 3 unspecified atom stereocenters. The molecule has 2 aromatic carbocycles. The molecule has 3 heteroatoms. The van der Waals surface area contributed by atoms with E-state index >= 15 is 0 Å². The van der Waals surface area contributed by atoms with E-state index in [0.717, 1.165) is 5.75 Å². The smallest absolute Gasteiger partial charge is 0.298 e. The van der Waals surface area contributed by atoms with Crippen LogP contribution in [0, 0.1) is 11.8 Å². The van der Waals surface area contributed by atoms with E-state index in [4.69, 9.17) is 9.47 Å². The van der Waals surface area contributed by atoms with E-state index in [2.05, 4.69) is 57.2 Å². The highest BCUT2D eigenvalue weighted by Crippen LogP contribution is 2.47. The standard InChI is InChI=1S/C24H30O3/c1-17-15-20(24(2,3)19-7-12-21(26-4)13-8-19)9-14-23(17)18-5-10-22(11-6-18)27-16-25/h5-8,10-13,16-17,20,23H,9,14-15H2,1-4H3. The molecular weight excluding hydrogens is 336 g/mol. The van der Waals surface area contributed by atoms with Gasteiger partial charge in [-0.2, -0.15) is 0 Å². The first-order chi connectivity index (χ1) is 13.0. The first kappa shape index (κ1) is 19.5. The van der Waals surface area contributed by atoms with Crippen LogP contribution in [0.1, 0.15) is 57.1 Å². The van der Waals surface area contributed by atoms with Crippen molar-refractivity contribution in [2.45, 2.75) is 51.4 Å². The molecule has 3 rings (SSSR count). The number of carbonyl (C=O) groups excluding carboxylic acids is 1. The summed E-state index contributed by atoms with van der Waals surface area (Å²) in [5.74, 6) is 3.37. The van der Waals surface area contributed by atoms with Crippen molar-refractivity contribution in [2.75, 3.05) is 7.11 Å². The zero-order valence-electron chi connectivity index (χ0n) is 16.8. The quantitative estimate of drug-likeness (QED) is 0.613. The summed E-state index contributed by atoms with van der Waals surface area (Å²) in [4.78, 5) is 10.5. The minimum atomic E-state index is 0.146. The number of hydrogen-bond donors (Lipinski definition) is 0. The average Bonchev–Trinajstić information content (AvgIpc) is 2.69. The number of rotatable bonds is 6. The molecule has 0 spiro atoms. The van der Waals surface area contributed by atoms with Gasteiger partial charge >= 0.3 is 0 Å². The molecule has 3 nitrogen and oxygen atoms in total. The van der Waals surface area contributed by atoms with Crippen molar-refractivity contribution < 1.29 is 14.3 Å². The van der Waals surface area contributed by atoms with Crippen LogP contribution in [0.2, 0.25) is 0 Å². The Morgan fingerprint density at radius 3 is 2.15 bits per heavy atom. The van der Waals surface area contributed by atoms with Crippen LogP contribution in [0.4, 0.5) is 0 Å². The molecule has 1 saturated carbocycles. The molecule has 1 aliphatic rings. The zero-order chi connectivity index (χ0) is 19.4. The summed E-state index contributed by atoms with van der Waals surface area (Å²) in [5.41, 5.74) is 2.88. The lowest BCUT2D eigenvalue weighted by Gasteiger charge is -2.43. The lowest BCUT2D eigenvalue weighted by Crippen LogP contribution is -2.34. The fraction of sp³-hybridized carbons (Fsp3) is 0.458. The average molecular weight is 367 g/mol. The second-order valence-corrected chi connectivity index (χ2v) is 8.33. The van der Waals surface area contributed by atoms with E-state index in [9.17, 15) is 4.79 Å². The Kier molecular flexibility index (Phi) is 5.88. The Labute approximate surface area is 162 Å². The third-order valence-corrected chi connectivity index (χ3v) is 6.52. The van der Waals surface area contributed by atoms with Crippen molar-refractivity contribution in [3.8, 4) is 11.5 Å². The van der Waals surface area contributed by atoms with Gasteiger partial charge in [0.05, 0.1) is 7.11 Å². The van der Waals surface area contributed by atoms with Crippen LogP contribution in [-0.4, -0.2) is 13.6 Å². The lowest BCUT2D eigenvalue weighted by atomic mass is 9.62. The van der Waals surface area contributed by atoms with Gasteiger partial charge in [0.1, 0.15) is 11.5 Å². The van der Waals surface area contributed by atoms with Gasteiger partial charge in [-0.3, -0.25) is 4.79 Å². The Balaban J connectivity index is 1.70. The predicted molar refractivity (Wildman–Crippen MR) is 108 cm³/mol. The third kappa shape index (κ3) is 4.18. The van der Waals surface area contributed by atoms with Crippen LogP contribution >= 0.6 is 0 Å². The second kappa shape index (κ2) is 8.16. The maximum atomic E-state index is 10.5. The zero-order valence-corrected chi connectivity index (χ0v) is 16.8. The molecule has 0 aromatic heterocycles. The van der Waals surface area contributed by atoms with Crippen LogP contribution in [0.25, 0.3) is 0 Å². The Hall–Kier alpha value is -2.29. The van der Waals surface area contributed by atoms with Gasteiger partial charge in [-0.1, -0.05) is 45.0 Å². The normalized spacial score (nSPS) is 22.9. The van der Waals surface area contributed by atoms with Crippen LogP contribution < -0.4 is 9.47 Å². The molecule has 0 heterocycles. The molecule has 0 N–H and O–H groups in total. The Morgan fingerprint density at radius 2 is 1.59 bits per heavy atom. The van der Waals surface area contributed by atoms with Gasteiger partial charge in [0.25, 0.3) is 6.47 Å². The van der Waals surface area contributed by atoms with Crippen molar-refractivity contribution in [3.63, 3.8) is 0 Å². The first-order valence-electron chi connectivity index (χ1n) is 9.80. The van der Waals surface area contributed by atoms with Gasteiger partial charge in [0, 0.05) is 0 Å². The molecule has 0 radical (unpaired) electrons. The number of hydrogen-bond acceptors (Lipinski definition) is 3. The maximum absolute atomic E-state index is 10.5. The highest BCUT2D eigenvalue weighted by Gasteiger charge is 2.37. The van der Waals surface area contributed by atoms with Crippen molar-refractivity contribution in [3.05, 3.63) is 59.7 Å². The fourth-order valence-electron chi connectivity index (χ4n) is 4.65. The number of methoxy groups -OCH3 is 1. The first-order valence-corrected chi connectivity index (χ1v) is 9.80. The maximum Gasteiger partial charge on any atom is 0.298 e. The SMILES string of the molecule is COc1ccc(C(C)(C)C2CCC(c3ccc(OC=O)cc3)C(C)C2)cc1. The summed E-state index contributed by atoms with van der Waals surface area (Å²) in [6.45, 7) is 7.59. The molecule has 1 fully saturated rings. The van der Waals surface area contributed by atoms with Gasteiger partial charge in [-0.25, -0.2) is 0 Å². The summed E-state index contributed by atoms with van der Waals surface area (Å²) >= 11 is 0. The largest absolute Gasteiger partial charge is 0.497 e. The second-order valence-electron chi connectivity index (χ2n) is 8.33. The summed E-state index contributed by atoms with van der Waals surface area (Å²) in [5, 5.41) is 0. The minimum absolute atomic E-state index is 0.146. The van der Waals surface area contributed by atoms with Crippen LogP contribution in [0.5, 0.6) is 11.5 Å². The molecular formula is C24H30O3. The summed E-state index contributed by atoms with van der Waals surface area (Å²) in [6.07, 6.45) is 3.64. The Bertz CT molecular complexity index is 746. The highest BCUT2D eigenvalue weighted by atomic mass is 16.5. The van der Waals surface area contributed by atoms with Crippen LogP contribution in [0.15, 0.2) is 48.5 Å². The van der Waals surface area contributed by atoms with Gasteiger partial charge in [0.15, 0.2) is 0 Å². The number of ether oxygens (including phenoxy) is 2. The molecule has 0 saturated heterocycles. The van der Waals surface area contributed by atoms with E-state index in [-0.39, 0.29) is 5.41 Å². The van der Waals surface area contributed by atoms with E-state index in [1.807, 2.05) is 12.1 Å². The molecule has 1 aliphatic carbocycles. The van der Waals surface area contributed by atoms with Crippen molar-refractivity contribution in [2.24, 2.45) is 11.8 Å². The predicted octanol–water partition coefficient (Wildman–Crippen LogP) is 5.73. The molecule has 27 heavy (non-hydrogen) atoms. The molecule has 144 valence electrons. The fourth-order valence-corrected chi connectivity index (χ4v) is 4.65. The van der Waals surface area contributed by atoms with Gasteiger partial charge in [-0.05, 0) is 77.8 Å². The Morgan fingerprint density at radius 1 is 0.963 bits per heavy atom. The number of benzene rings is 2. The molecule has 2 aromatic rings. The number of carbonyl (C=O) groups is 1. The van der Waals surface area contributed by atoms with E-state index in [0.29, 0.717) is 30.0 Å². The third-order valence-electron chi connectivity index (χ3n) is 6.52. The van der Waals surface area contributed by atoms with Crippen molar-refractivity contribution in [1.29, 1.82) is 0 Å². The monoisotopic (exact) mass is 366 g/mol. The van der Waals surface area contributed by atoms with Crippen molar-refractivity contribution >= 4 is 6.47 Å². The highest BCUT2D eigenvalue weighted by molar-refractivity contribution is 5.45. The minimum Gasteiger partial charge on any atom is -0.497 e. The molecule has 0 aliphatic heterocycles.